The van der Waals surface area contributed by atoms with E-state index < -0.39 is 0 Å². The van der Waals surface area contributed by atoms with E-state index in [9.17, 15) is 0 Å². The third kappa shape index (κ3) is 5.87. The fourth-order valence-corrected chi connectivity index (χ4v) is 3.73. The third-order valence-corrected chi connectivity index (χ3v) is 5.21. The van der Waals surface area contributed by atoms with Crippen molar-refractivity contribution in [1.82, 2.24) is 15.5 Å². The Bertz CT molecular complexity index is 474. The molecule has 0 aromatic carbocycles. The largest absolute Gasteiger partial charge is 0.379 e. The Kier molecular flexibility index (Phi) is 7.65. The zero-order valence-corrected chi connectivity index (χ0v) is 15.7. The molecule has 1 aliphatic rings. The molecule has 5 nitrogen and oxygen atoms in total. The Hall–Kier alpha value is -0.630. The summed E-state index contributed by atoms with van der Waals surface area (Å²) in [6, 6.07) is 4.65. The standard InChI is InChI=1S/C15H25BrN4OS/c1-3-17-15(19-11-13-4-5-14(16)22-13)18-10-12(2)20-6-8-21-9-7-20/h4-5,12H,3,6-11H2,1-2H3,(H2,17,18,19). The first kappa shape index (κ1) is 17.7. The van der Waals surface area contributed by atoms with E-state index in [1.54, 1.807) is 11.3 Å². The molecule has 1 aromatic heterocycles. The Labute approximate surface area is 145 Å². The number of hydrogen-bond acceptors (Lipinski definition) is 4. The van der Waals surface area contributed by atoms with E-state index in [-0.39, 0.29) is 0 Å². The minimum absolute atomic E-state index is 0.476. The second-order valence-electron chi connectivity index (χ2n) is 5.28. The number of nitrogens with one attached hydrogen (secondary N) is 2. The van der Waals surface area contributed by atoms with Crippen LogP contribution in [0.15, 0.2) is 20.9 Å². The molecule has 0 amide bonds. The number of thiophene rings is 1. The highest BCUT2D eigenvalue weighted by molar-refractivity contribution is 9.11. The quantitative estimate of drug-likeness (QED) is 0.579. The van der Waals surface area contributed by atoms with Gasteiger partial charge in [-0.15, -0.1) is 11.3 Å². The SMILES string of the molecule is CCNC(=NCc1ccc(Br)s1)NCC(C)N1CCOCC1. The van der Waals surface area contributed by atoms with Crippen LogP contribution in [0.2, 0.25) is 0 Å². The van der Waals surface area contributed by atoms with Crippen LogP contribution in [-0.4, -0.2) is 56.3 Å². The van der Waals surface area contributed by atoms with E-state index in [1.807, 2.05) is 0 Å². The summed E-state index contributed by atoms with van der Waals surface area (Å²) in [5.41, 5.74) is 0. The summed E-state index contributed by atoms with van der Waals surface area (Å²) >= 11 is 5.21. The molecule has 1 atom stereocenters. The highest BCUT2D eigenvalue weighted by Gasteiger charge is 2.16. The van der Waals surface area contributed by atoms with Crippen LogP contribution < -0.4 is 10.6 Å². The molecule has 0 aliphatic carbocycles. The Morgan fingerprint density at radius 2 is 2.18 bits per heavy atom. The van der Waals surface area contributed by atoms with Crippen LogP contribution in [0.3, 0.4) is 0 Å². The zero-order valence-electron chi connectivity index (χ0n) is 13.3. The van der Waals surface area contributed by atoms with Crippen LogP contribution in [0, 0.1) is 0 Å². The zero-order chi connectivity index (χ0) is 15.8. The first-order valence-electron chi connectivity index (χ1n) is 7.77. The van der Waals surface area contributed by atoms with Gasteiger partial charge >= 0.3 is 0 Å². The van der Waals surface area contributed by atoms with Gasteiger partial charge in [-0.25, -0.2) is 4.99 Å². The van der Waals surface area contributed by atoms with Crippen molar-refractivity contribution in [1.29, 1.82) is 0 Å². The maximum Gasteiger partial charge on any atom is 0.191 e. The summed E-state index contributed by atoms with van der Waals surface area (Å²) in [7, 11) is 0. The average molecular weight is 389 g/mol. The van der Waals surface area contributed by atoms with Crippen molar-refractivity contribution in [2.45, 2.75) is 26.4 Å². The fraction of sp³-hybridized carbons (Fsp3) is 0.667. The van der Waals surface area contributed by atoms with Crippen LogP contribution in [0.25, 0.3) is 0 Å². The predicted molar refractivity (Wildman–Crippen MR) is 96.7 cm³/mol. The molecule has 0 spiro atoms. The molecular weight excluding hydrogens is 364 g/mol. The predicted octanol–water partition coefficient (Wildman–Crippen LogP) is 2.29. The van der Waals surface area contributed by atoms with Gasteiger partial charge in [0.15, 0.2) is 5.96 Å². The monoisotopic (exact) mass is 388 g/mol. The molecule has 2 rings (SSSR count). The number of aliphatic imine (C=N–C) groups is 1. The van der Waals surface area contributed by atoms with E-state index >= 15 is 0 Å². The van der Waals surface area contributed by atoms with E-state index in [0.29, 0.717) is 12.6 Å². The van der Waals surface area contributed by atoms with Crippen molar-refractivity contribution < 1.29 is 4.74 Å². The van der Waals surface area contributed by atoms with Gasteiger partial charge < -0.3 is 15.4 Å². The highest BCUT2D eigenvalue weighted by atomic mass is 79.9. The first-order chi connectivity index (χ1) is 10.7. The van der Waals surface area contributed by atoms with E-state index in [2.05, 4.69) is 62.4 Å². The molecule has 1 unspecified atom stereocenters. The number of nitrogens with zero attached hydrogens (tertiary/aromatic N) is 2. The lowest BCUT2D eigenvalue weighted by Crippen LogP contribution is -2.49. The molecule has 1 saturated heterocycles. The minimum Gasteiger partial charge on any atom is -0.379 e. The van der Waals surface area contributed by atoms with Crippen LogP contribution in [-0.2, 0) is 11.3 Å². The lowest BCUT2D eigenvalue weighted by Gasteiger charge is -2.32. The van der Waals surface area contributed by atoms with Gasteiger partial charge in [-0.2, -0.15) is 0 Å². The number of ether oxygens (including phenoxy) is 1. The van der Waals surface area contributed by atoms with Gasteiger partial charge in [0.2, 0.25) is 0 Å². The number of hydrogen-bond donors (Lipinski definition) is 2. The van der Waals surface area contributed by atoms with Gasteiger partial charge in [-0.05, 0) is 41.9 Å². The number of guanidine groups is 1. The smallest absolute Gasteiger partial charge is 0.191 e. The van der Waals surface area contributed by atoms with Crippen molar-refractivity contribution in [2.24, 2.45) is 4.99 Å². The normalized spacial score (nSPS) is 18.2. The summed E-state index contributed by atoms with van der Waals surface area (Å²) < 4.78 is 6.55. The minimum atomic E-state index is 0.476. The molecule has 7 heteroatoms. The van der Waals surface area contributed by atoms with Crippen LogP contribution >= 0.6 is 27.3 Å². The van der Waals surface area contributed by atoms with E-state index in [4.69, 9.17) is 4.74 Å². The lowest BCUT2D eigenvalue weighted by atomic mass is 10.2. The van der Waals surface area contributed by atoms with Gasteiger partial charge in [-0.1, -0.05) is 0 Å². The number of morpholine rings is 1. The summed E-state index contributed by atoms with van der Waals surface area (Å²) in [5, 5.41) is 6.75. The molecule has 22 heavy (non-hydrogen) atoms. The second-order valence-corrected chi connectivity index (χ2v) is 7.83. The van der Waals surface area contributed by atoms with Gasteiger partial charge in [0.25, 0.3) is 0 Å². The average Bonchev–Trinajstić information content (AvgIpc) is 2.96. The van der Waals surface area contributed by atoms with Crippen LogP contribution in [0.4, 0.5) is 0 Å². The van der Waals surface area contributed by atoms with E-state index in [1.165, 1.54) is 4.88 Å². The molecule has 2 N–H and O–H groups in total. The van der Waals surface area contributed by atoms with Crippen molar-refractivity contribution >= 4 is 33.2 Å². The van der Waals surface area contributed by atoms with Crippen LogP contribution in [0.1, 0.15) is 18.7 Å². The molecule has 1 aromatic rings. The summed E-state index contributed by atoms with van der Waals surface area (Å²) in [6.45, 7) is 10.5. The van der Waals surface area contributed by atoms with Gasteiger partial charge in [0.1, 0.15) is 0 Å². The van der Waals surface area contributed by atoms with Gasteiger partial charge in [0, 0.05) is 37.1 Å². The topological polar surface area (TPSA) is 48.9 Å². The summed E-state index contributed by atoms with van der Waals surface area (Å²) in [5.74, 6) is 0.882. The van der Waals surface area contributed by atoms with Crippen molar-refractivity contribution in [3.05, 3.63) is 20.8 Å². The Morgan fingerprint density at radius 3 is 2.82 bits per heavy atom. The molecule has 0 radical (unpaired) electrons. The first-order valence-corrected chi connectivity index (χ1v) is 9.38. The van der Waals surface area contributed by atoms with Crippen LogP contribution in [0.5, 0.6) is 0 Å². The molecule has 1 fully saturated rings. The molecular formula is C15H25BrN4OS. The highest BCUT2D eigenvalue weighted by Crippen LogP contribution is 2.22. The molecule has 2 heterocycles. The van der Waals surface area contributed by atoms with Gasteiger partial charge in [0.05, 0.1) is 23.5 Å². The van der Waals surface area contributed by atoms with Crippen molar-refractivity contribution in [2.75, 3.05) is 39.4 Å². The molecule has 124 valence electrons. The Balaban J connectivity index is 1.82. The number of halogens is 1. The fourth-order valence-electron chi connectivity index (χ4n) is 2.33. The van der Waals surface area contributed by atoms with Crippen molar-refractivity contribution in [3.63, 3.8) is 0 Å². The third-order valence-electron chi connectivity index (χ3n) is 3.60. The lowest BCUT2D eigenvalue weighted by molar-refractivity contribution is 0.0211. The molecule has 0 bridgehead atoms. The van der Waals surface area contributed by atoms with E-state index in [0.717, 1.165) is 49.1 Å². The summed E-state index contributed by atoms with van der Waals surface area (Å²) in [4.78, 5) is 8.36. The molecule has 1 aliphatic heterocycles. The summed E-state index contributed by atoms with van der Waals surface area (Å²) in [6.07, 6.45) is 0. The Morgan fingerprint density at radius 1 is 1.41 bits per heavy atom. The van der Waals surface area contributed by atoms with Crippen molar-refractivity contribution in [3.8, 4) is 0 Å². The maximum atomic E-state index is 5.40. The maximum absolute atomic E-state index is 5.40. The number of rotatable bonds is 6. The van der Waals surface area contributed by atoms with Gasteiger partial charge in [-0.3, -0.25) is 4.90 Å². The second kappa shape index (κ2) is 9.50. The molecule has 0 saturated carbocycles.